The van der Waals surface area contributed by atoms with Gasteiger partial charge in [0, 0.05) is 19.6 Å². The van der Waals surface area contributed by atoms with Gasteiger partial charge in [0.1, 0.15) is 0 Å². The van der Waals surface area contributed by atoms with E-state index in [1.807, 2.05) is 42.2 Å². The van der Waals surface area contributed by atoms with E-state index < -0.39 is 5.60 Å². The number of aliphatic hydroxyl groups is 1. The van der Waals surface area contributed by atoms with Crippen molar-refractivity contribution in [1.82, 2.24) is 10.2 Å². The van der Waals surface area contributed by atoms with Crippen molar-refractivity contribution in [2.24, 2.45) is 0 Å². The monoisotopic (exact) mass is 276 g/mol. The Balaban J connectivity index is 1.89. The maximum absolute atomic E-state index is 12.2. The number of rotatable bonds is 5. The Morgan fingerprint density at radius 3 is 2.55 bits per heavy atom. The molecule has 2 N–H and O–H groups in total. The fourth-order valence-corrected chi connectivity index (χ4v) is 2.55. The van der Waals surface area contributed by atoms with Gasteiger partial charge in [0.05, 0.1) is 11.6 Å². The van der Waals surface area contributed by atoms with Crippen LogP contribution in [0.15, 0.2) is 30.3 Å². The highest BCUT2D eigenvalue weighted by Crippen LogP contribution is 2.19. The second-order valence-corrected chi connectivity index (χ2v) is 5.77. The van der Waals surface area contributed by atoms with E-state index in [0.29, 0.717) is 6.54 Å². The molecule has 0 aromatic heterocycles. The molecule has 1 aromatic carbocycles. The average Bonchev–Trinajstić information content (AvgIpc) is 2.99. The number of nitrogens with one attached hydrogen (secondary N) is 1. The molecule has 0 radical (unpaired) electrons. The third-order valence-corrected chi connectivity index (χ3v) is 3.94. The van der Waals surface area contributed by atoms with E-state index in [-0.39, 0.29) is 11.9 Å². The Kier molecular flexibility index (Phi) is 4.78. The normalized spacial score (nSPS) is 19.6. The van der Waals surface area contributed by atoms with Gasteiger partial charge in [-0.25, -0.2) is 0 Å². The fourth-order valence-electron chi connectivity index (χ4n) is 2.55. The van der Waals surface area contributed by atoms with E-state index in [4.69, 9.17) is 0 Å². The lowest BCUT2D eigenvalue weighted by Crippen LogP contribution is -2.47. The summed E-state index contributed by atoms with van der Waals surface area (Å²) in [7, 11) is 0. The van der Waals surface area contributed by atoms with Crippen LogP contribution < -0.4 is 5.32 Å². The van der Waals surface area contributed by atoms with Crippen molar-refractivity contribution >= 4 is 5.91 Å². The van der Waals surface area contributed by atoms with Crippen LogP contribution >= 0.6 is 0 Å². The van der Waals surface area contributed by atoms with E-state index in [2.05, 4.69) is 5.32 Å². The molecule has 4 heteroatoms. The lowest BCUT2D eigenvalue weighted by molar-refractivity contribution is -0.132. The zero-order valence-electron chi connectivity index (χ0n) is 12.3. The molecule has 2 atom stereocenters. The summed E-state index contributed by atoms with van der Waals surface area (Å²) >= 11 is 0. The smallest absolute Gasteiger partial charge is 0.239 e. The van der Waals surface area contributed by atoms with Crippen molar-refractivity contribution in [3.8, 4) is 0 Å². The highest BCUT2D eigenvalue weighted by atomic mass is 16.3. The second-order valence-electron chi connectivity index (χ2n) is 5.77. The molecule has 1 aromatic rings. The van der Waals surface area contributed by atoms with Crippen LogP contribution in [0.4, 0.5) is 0 Å². The Hall–Kier alpha value is -1.39. The van der Waals surface area contributed by atoms with Crippen molar-refractivity contribution in [1.29, 1.82) is 0 Å². The third kappa shape index (κ3) is 3.58. The van der Waals surface area contributed by atoms with Gasteiger partial charge in [0.2, 0.25) is 5.91 Å². The third-order valence-electron chi connectivity index (χ3n) is 3.94. The van der Waals surface area contributed by atoms with Crippen molar-refractivity contribution in [3.63, 3.8) is 0 Å². The zero-order chi connectivity index (χ0) is 14.6. The standard InChI is InChI=1S/C16H24N2O2/c1-13(15(19)18-10-6-7-11-18)17-12-16(2,20)14-8-4-3-5-9-14/h3-5,8-9,13,17,20H,6-7,10-12H2,1-2H3. The first kappa shape index (κ1) is 15.0. The number of carbonyl (C=O) groups is 1. The molecule has 20 heavy (non-hydrogen) atoms. The van der Waals surface area contributed by atoms with Gasteiger partial charge in [-0.3, -0.25) is 4.79 Å². The lowest BCUT2D eigenvalue weighted by atomic mass is 9.96. The number of hydrogen-bond acceptors (Lipinski definition) is 3. The van der Waals surface area contributed by atoms with Gasteiger partial charge in [0.25, 0.3) is 0 Å². The highest BCUT2D eigenvalue weighted by molar-refractivity contribution is 5.81. The van der Waals surface area contributed by atoms with Crippen LogP contribution in [0.2, 0.25) is 0 Å². The number of amides is 1. The van der Waals surface area contributed by atoms with Crippen LogP contribution in [0.3, 0.4) is 0 Å². The Bertz CT molecular complexity index is 439. The van der Waals surface area contributed by atoms with Gasteiger partial charge in [-0.05, 0) is 32.3 Å². The molecule has 2 unspecified atom stereocenters. The molecule has 0 bridgehead atoms. The van der Waals surface area contributed by atoms with Crippen molar-refractivity contribution < 1.29 is 9.90 Å². The predicted molar refractivity (Wildman–Crippen MR) is 79.3 cm³/mol. The minimum atomic E-state index is -0.971. The summed E-state index contributed by atoms with van der Waals surface area (Å²) in [6, 6.07) is 9.27. The molecule has 4 nitrogen and oxygen atoms in total. The molecule has 1 aliphatic rings. The van der Waals surface area contributed by atoms with Crippen LogP contribution in [-0.2, 0) is 10.4 Å². The van der Waals surface area contributed by atoms with Crippen LogP contribution in [0, 0.1) is 0 Å². The van der Waals surface area contributed by atoms with E-state index >= 15 is 0 Å². The quantitative estimate of drug-likeness (QED) is 0.857. The zero-order valence-corrected chi connectivity index (χ0v) is 12.3. The van der Waals surface area contributed by atoms with Gasteiger partial charge >= 0.3 is 0 Å². The summed E-state index contributed by atoms with van der Waals surface area (Å²) in [5, 5.41) is 13.7. The minimum Gasteiger partial charge on any atom is -0.384 e. The van der Waals surface area contributed by atoms with Crippen LogP contribution in [0.25, 0.3) is 0 Å². The highest BCUT2D eigenvalue weighted by Gasteiger charge is 2.27. The molecule has 1 saturated heterocycles. The van der Waals surface area contributed by atoms with E-state index in [1.165, 1.54) is 0 Å². The van der Waals surface area contributed by atoms with Gasteiger partial charge in [-0.15, -0.1) is 0 Å². The number of carbonyl (C=O) groups excluding carboxylic acids is 1. The average molecular weight is 276 g/mol. The first-order valence-electron chi connectivity index (χ1n) is 7.31. The molecule has 1 fully saturated rings. The van der Waals surface area contributed by atoms with Crippen molar-refractivity contribution in [3.05, 3.63) is 35.9 Å². The van der Waals surface area contributed by atoms with Gasteiger partial charge in [-0.1, -0.05) is 30.3 Å². The van der Waals surface area contributed by atoms with E-state index in [1.54, 1.807) is 6.92 Å². The number of likely N-dealkylation sites (tertiary alicyclic amines) is 1. The minimum absolute atomic E-state index is 0.131. The SMILES string of the molecule is CC(NCC(C)(O)c1ccccc1)C(=O)N1CCCC1. The van der Waals surface area contributed by atoms with E-state index in [0.717, 1.165) is 31.5 Å². The van der Waals surface area contributed by atoms with Crippen molar-refractivity contribution in [2.45, 2.75) is 38.3 Å². The largest absolute Gasteiger partial charge is 0.384 e. The molecule has 0 saturated carbocycles. The summed E-state index contributed by atoms with van der Waals surface area (Å²) in [6.07, 6.45) is 2.19. The number of benzene rings is 1. The predicted octanol–water partition coefficient (Wildman–Crippen LogP) is 1.49. The maximum Gasteiger partial charge on any atom is 0.239 e. The van der Waals surface area contributed by atoms with Gasteiger partial charge < -0.3 is 15.3 Å². The Morgan fingerprint density at radius 2 is 1.95 bits per heavy atom. The summed E-state index contributed by atoms with van der Waals surface area (Å²) in [5.74, 6) is 0.131. The second kappa shape index (κ2) is 6.37. The molecule has 2 rings (SSSR count). The van der Waals surface area contributed by atoms with Gasteiger partial charge in [0.15, 0.2) is 0 Å². The first-order valence-corrected chi connectivity index (χ1v) is 7.31. The fraction of sp³-hybridized carbons (Fsp3) is 0.562. The topological polar surface area (TPSA) is 52.6 Å². The van der Waals surface area contributed by atoms with Gasteiger partial charge in [-0.2, -0.15) is 0 Å². The molecular formula is C16H24N2O2. The summed E-state index contributed by atoms with van der Waals surface area (Å²) < 4.78 is 0. The van der Waals surface area contributed by atoms with Crippen molar-refractivity contribution in [2.75, 3.05) is 19.6 Å². The van der Waals surface area contributed by atoms with E-state index in [9.17, 15) is 9.90 Å². The molecule has 0 spiro atoms. The lowest BCUT2D eigenvalue weighted by Gasteiger charge is -2.27. The molecule has 0 aliphatic carbocycles. The Labute approximate surface area is 120 Å². The molecule has 110 valence electrons. The van der Waals surface area contributed by atoms with Crippen LogP contribution in [-0.4, -0.2) is 41.6 Å². The molecule has 1 heterocycles. The summed E-state index contributed by atoms with van der Waals surface area (Å²) in [5.41, 5.74) is -0.116. The Morgan fingerprint density at radius 1 is 1.35 bits per heavy atom. The van der Waals surface area contributed by atoms with Crippen LogP contribution in [0.1, 0.15) is 32.3 Å². The number of nitrogens with zero attached hydrogens (tertiary/aromatic N) is 1. The first-order chi connectivity index (χ1) is 9.50. The maximum atomic E-state index is 12.2. The summed E-state index contributed by atoms with van der Waals surface area (Å²) in [4.78, 5) is 14.1. The summed E-state index contributed by atoms with van der Waals surface area (Å²) in [6.45, 7) is 5.71. The molecular weight excluding hydrogens is 252 g/mol. The number of hydrogen-bond donors (Lipinski definition) is 2. The van der Waals surface area contributed by atoms with Crippen LogP contribution in [0.5, 0.6) is 0 Å². The molecule has 1 amide bonds. The molecule has 1 aliphatic heterocycles.